The molecule has 6 heteroatoms. The van der Waals surface area contributed by atoms with Crippen molar-refractivity contribution in [2.75, 3.05) is 6.54 Å². The van der Waals surface area contributed by atoms with Gasteiger partial charge in [0.2, 0.25) is 0 Å². The van der Waals surface area contributed by atoms with E-state index in [9.17, 15) is 14.0 Å². The number of imide groups is 1. The van der Waals surface area contributed by atoms with Crippen LogP contribution in [0.15, 0.2) is 53.4 Å². The molecule has 0 bridgehead atoms. The van der Waals surface area contributed by atoms with Gasteiger partial charge in [-0.3, -0.25) is 14.5 Å². The second kappa shape index (κ2) is 7.89. The predicted molar refractivity (Wildman–Crippen MR) is 98.7 cm³/mol. The number of carbonyl (C=O) groups is 2. The Balaban J connectivity index is 1.79. The van der Waals surface area contributed by atoms with Gasteiger partial charge in [-0.15, -0.1) is 6.42 Å². The number of nitrogens with zero attached hydrogens (tertiary/aromatic N) is 1. The molecule has 0 aliphatic carbocycles. The van der Waals surface area contributed by atoms with Crippen LogP contribution in [0.2, 0.25) is 0 Å². The fourth-order valence-corrected chi connectivity index (χ4v) is 3.17. The third-order valence-electron chi connectivity index (χ3n) is 3.64. The van der Waals surface area contributed by atoms with Crippen LogP contribution in [0, 0.1) is 18.2 Å². The summed E-state index contributed by atoms with van der Waals surface area (Å²) in [6.07, 6.45) is 6.80. The van der Waals surface area contributed by atoms with Gasteiger partial charge < -0.3 is 4.74 Å². The zero-order valence-corrected chi connectivity index (χ0v) is 14.5. The first-order valence-electron chi connectivity index (χ1n) is 7.73. The van der Waals surface area contributed by atoms with E-state index in [0.29, 0.717) is 16.2 Å². The summed E-state index contributed by atoms with van der Waals surface area (Å²) in [6, 6.07) is 13.2. The Bertz CT molecular complexity index is 915. The number of hydrogen-bond donors (Lipinski definition) is 0. The van der Waals surface area contributed by atoms with Crippen LogP contribution in [-0.2, 0) is 11.4 Å². The number of carbonyl (C=O) groups excluding carboxylic acids is 2. The number of benzene rings is 2. The van der Waals surface area contributed by atoms with Crippen molar-refractivity contribution in [2.45, 2.75) is 6.61 Å². The fraction of sp³-hybridized carbons (Fsp3) is 0.100. The maximum absolute atomic E-state index is 13.0. The van der Waals surface area contributed by atoms with E-state index in [4.69, 9.17) is 11.2 Å². The van der Waals surface area contributed by atoms with E-state index in [2.05, 4.69) is 5.92 Å². The molecule has 2 amide bonds. The first-order valence-corrected chi connectivity index (χ1v) is 8.55. The van der Waals surface area contributed by atoms with Crippen molar-refractivity contribution >= 4 is 29.0 Å². The van der Waals surface area contributed by atoms with Crippen molar-refractivity contribution < 1.29 is 18.7 Å². The molecule has 0 saturated carbocycles. The fourth-order valence-electron chi connectivity index (χ4n) is 2.34. The highest BCUT2D eigenvalue weighted by atomic mass is 32.2. The Hall–Kier alpha value is -3.04. The van der Waals surface area contributed by atoms with E-state index in [1.165, 1.54) is 12.1 Å². The van der Waals surface area contributed by atoms with Gasteiger partial charge in [-0.05, 0) is 41.6 Å². The van der Waals surface area contributed by atoms with Crippen LogP contribution >= 0.6 is 11.8 Å². The van der Waals surface area contributed by atoms with Gasteiger partial charge in [0.15, 0.2) is 0 Å². The van der Waals surface area contributed by atoms with E-state index < -0.39 is 5.91 Å². The molecule has 0 radical (unpaired) electrons. The first-order chi connectivity index (χ1) is 12.6. The predicted octanol–water partition coefficient (Wildman–Crippen LogP) is 4.07. The molecule has 4 nitrogen and oxygen atoms in total. The summed E-state index contributed by atoms with van der Waals surface area (Å²) in [5.74, 6) is 2.14. The molecule has 1 aliphatic heterocycles. The van der Waals surface area contributed by atoms with E-state index in [1.54, 1.807) is 36.4 Å². The van der Waals surface area contributed by atoms with Crippen LogP contribution < -0.4 is 4.74 Å². The minimum absolute atomic E-state index is 0.0509. The monoisotopic (exact) mass is 367 g/mol. The molecule has 2 aromatic carbocycles. The number of terminal acetylenes is 1. The molecule has 130 valence electrons. The third kappa shape index (κ3) is 3.95. The van der Waals surface area contributed by atoms with Crippen molar-refractivity contribution in [3.05, 3.63) is 70.4 Å². The number of rotatable bonds is 5. The van der Waals surface area contributed by atoms with Crippen molar-refractivity contribution in [1.82, 2.24) is 4.90 Å². The maximum atomic E-state index is 13.0. The largest absolute Gasteiger partial charge is 0.488 e. The Morgan fingerprint density at radius 3 is 2.62 bits per heavy atom. The van der Waals surface area contributed by atoms with E-state index in [-0.39, 0.29) is 24.2 Å². The summed E-state index contributed by atoms with van der Waals surface area (Å²) in [5, 5.41) is -0.385. The van der Waals surface area contributed by atoms with Crippen molar-refractivity contribution in [3.8, 4) is 18.1 Å². The minimum atomic E-state index is -0.411. The lowest BCUT2D eigenvalue weighted by molar-refractivity contribution is -0.122. The average molecular weight is 367 g/mol. The molecule has 26 heavy (non-hydrogen) atoms. The topological polar surface area (TPSA) is 46.6 Å². The molecule has 1 fully saturated rings. The molecule has 1 heterocycles. The number of amides is 2. The summed E-state index contributed by atoms with van der Waals surface area (Å²) >= 11 is 0.847. The molecule has 1 aliphatic rings. The minimum Gasteiger partial charge on any atom is -0.488 e. The van der Waals surface area contributed by atoms with Crippen LogP contribution in [0.5, 0.6) is 5.75 Å². The lowest BCUT2D eigenvalue weighted by Gasteiger charge is -2.10. The molecule has 2 aromatic rings. The summed E-state index contributed by atoms with van der Waals surface area (Å²) in [4.78, 5) is 25.5. The third-order valence-corrected chi connectivity index (χ3v) is 4.54. The van der Waals surface area contributed by atoms with Crippen molar-refractivity contribution in [2.24, 2.45) is 0 Å². The summed E-state index contributed by atoms with van der Waals surface area (Å²) in [6.45, 7) is 0.203. The van der Waals surface area contributed by atoms with Crippen LogP contribution in [-0.4, -0.2) is 22.6 Å². The summed E-state index contributed by atoms with van der Waals surface area (Å²) < 4.78 is 18.8. The SMILES string of the molecule is C#CCN1C(=O)S/C(=C\c2ccccc2OCc2ccc(F)cc2)C1=O. The summed E-state index contributed by atoms with van der Waals surface area (Å²) in [7, 11) is 0. The Morgan fingerprint density at radius 1 is 1.15 bits per heavy atom. The number of halogens is 1. The molecular formula is C20H14FNO3S. The Kier molecular flexibility index (Phi) is 5.40. The van der Waals surface area contributed by atoms with Crippen molar-refractivity contribution in [3.63, 3.8) is 0 Å². The lowest BCUT2D eigenvalue weighted by atomic mass is 10.1. The first kappa shape index (κ1) is 17.8. The summed E-state index contributed by atoms with van der Waals surface area (Å²) in [5.41, 5.74) is 1.48. The molecule has 0 spiro atoms. The van der Waals surface area contributed by atoms with Gasteiger partial charge in [-0.1, -0.05) is 36.3 Å². The lowest BCUT2D eigenvalue weighted by Crippen LogP contribution is -2.28. The van der Waals surface area contributed by atoms with Gasteiger partial charge >= 0.3 is 0 Å². The van der Waals surface area contributed by atoms with Gasteiger partial charge in [-0.25, -0.2) is 4.39 Å². The second-order valence-corrected chi connectivity index (χ2v) is 6.42. The molecule has 0 aromatic heterocycles. The molecule has 0 N–H and O–H groups in total. The molecule has 3 rings (SSSR count). The van der Waals surface area contributed by atoms with Gasteiger partial charge in [0, 0.05) is 5.56 Å². The zero-order chi connectivity index (χ0) is 18.5. The van der Waals surface area contributed by atoms with Crippen LogP contribution in [0.3, 0.4) is 0 Å². The van der Waals surface area contributed by atoms with Crippen LogP contribution in [0.4, 0.5) is 9.18 Å². The normalized spacial score (nSPS) is 15.4. The maximum Gasteiger partial charge on any atom is 0.294 e. The highest BCUT2D eigenvalue weighted by Gasteiger charge is 2.34. The van der Waals surface area contributed by atoms with Gasteiger partial charge in [0.05, 0.1) is 11.4 Å². The molecule has 0 atom stereocenters. The van der Waals surface area contributed by atoms with Gasteiger partial charge in [0.25, 0.3) is 11.1 Å². The smallest absolute Gasteiger partial charge is 0.294 e. The van der Waals surface area contributed by atoms with Crippen LogP contribution in [0.1, 0.15) is 11.1 Å². The number of ether oxygens (including phenoxy) is 1. The van der Waals surface area contributed by atoms with Gasteiger partial charge in [0.1, 0.15) is 18.2 Å². The number of hydrogen-bond acceptors (Lipinski definition) is 4. The standard InChI is InChI=1S/C20H14FNO3S/c1-2-11-22-19(23)18(26-20(22)24)12-15-5-3-4-6-17(15)25-13-14-7-9-16(21)10-8-14/h1,3-10,12H,11,13H2/b18-12-. The Labute approximate surface area is 154 Å². The average Bonchev–Trinajstić information content (AvgIpc) is 2.90. The second-order valence-electron chi connectivity index (χ2n) is 5.42. The van der Waals surface area contributed by atoms with E-state index >= 15 is 0 Å². The van der Waals surface area contributed by atoms with E-state index in [0.717, 1.165) is 22.2 Å². The molecule has 0 unspecified atom stereocenters. The van der Waals surface area contributed by atoms with Crippen molar-refractivity contribution in [1.29, 1.82) is 0 Å². The quantitative estimate of drug-likeness (QED) is 0.590. The zero-order valence-electron chi connectivity index (χ0n) is 13.6. The van der Waals surface area contributed by atoms with Gasteiger partial charge in [-0.2, -0.15) is 0 Å². The number of para-hydroxylation sites is 1. The molecule has 1 saturated heterocycles. The highest BCUT2D eigenvalue weighted by molar-refractivity contribution is 8.18. The van der Waals surface area contributed by atoms with Crippen LogP contribution in [0.25, 0.3) is 6.08 Å². The highest BCUT2D eigenvalue weighted by Crippen LogP contribution is 2.33. The van der Waals surface area contributed by atoms with E-state index in [1.807, 2.05) is 6.07 Å². The number of thioether (sulfide) groups is 1. The Morgan fingerprint density at radius 2 is 1.88 bits per heavy atom. The molecular weight excluding hydrogens is 353 g/mol.